The fraction of sp³-hybridized carbons (Fsp3) is 0.455. The highest BCUT2D eigenvalue weighted by atomic mass is 16.1. The molecule has 0 saturated heterocycles. The smallest absolute Gasteiger partial charge is 0.245 e. The number of carbonyl (C=O) groups excluding carboxylic acids is 1. The number of aliphatic imine (C=N–C) groups is 1. The van der Waals surface area contributed by atoms with Gasteiger partial charge in [-0.3, -0.25) is 4.79 Å². The number of carbonyl (C=O) groups is 1. The van der Waals surface area contributed by atoms with Gasteiger partial charge in [0.2, 0.25) is 5.95 Å². The second-order valence-corrected chi connectivity index (χ2v) is 4.77. The number of allylic oxidation sites excluding steroid dienone is 2. The average molecular weight is 218 g/mol. The number of hydrogen-bond acceptors (Lipinski definition) is 4. The van der Waals surface area contributed by atoms with Gasteiger partial charge in [-0.2, -0.15) is 10.1 Å². The number of H-pyrrole nitrogens is 1. The minimum absolute atomic E-state index is 0.0224. The molecule has 84 valence electrons. The summed E-state index contributed by atoms with van der Waals surface area (Å²) in [6.45, 7) is 4.17. The summed E-state index contributed by atoms with van der Waals surface area (Å²) >= 11 is 0. The van der Waals surface area contributed by atoms with Gasteiger partial charge >= 0.3 is 0 Å². The highest BCUT2D eigenvalue weighted by Crippen LogP contribution is 2.32. The molecule has 1 aromatic heterocycles. The Morgan fingerprint density at radius 1 is 1.50 bits per heavy atom. The molecular weight excluding hydrogens is 204 g/mol. The number of ketones is 1. The third-order valence-corrected chi connectivity index (χ3v) is 2.44. The highest BCUT2D eigenvalue weighted by Gasteiger charge is 2.26. The Morgan fingerprint density at radius 3 is 2.94 bits per heavy atom. The Bertz CT molecular complexity index is 443. The van der Waals surface area contributed by atoms with Gasteiger partial charge in [-0.25, -0.2) is 10.1 Å². The molecule has 5 nitrogen and oxygen atoms in total. The summed E-state index contributed by atoms with van der Waals surface area (Å²) in [6.07, 6.45) is 6.20. The van der Waals surface area contributed by atoms with Crippen LogP contribution < -0.4 is 0 Å². The van der Waals surface area contributed by atoms with Crippen molar-refractivity contribution in [3.05, 3.63) is 18.0 Å². The van der Waals surface area contributed by atoms with Crippen molar-refractivity contribution in [2.45, 2.75) is 26.7 Å². The average Bonchev–Trinajstić information content (AvgIpc) is 2.63. The third kappa shape index (κ3) is 2.62. The Kier molecular flexibility index (Phi) is 2.68. The standard InChI is InChI=1S/C11H14N4O/c1-11(2)4-8(3-9(16)5-11)6-12-10-13-7-14-15-10/h3,6-7H,4-5H2,1-2H3,(H,13,14,15)/b12-6+. The number of nitrogens with zero attached hydrogens (tertiary/aromatic N) is 3. The van der Waals surface area contributed by atoms with E-state index in [1.54, 1.807) is 12.3 Å². The van der Waals surface area contributed by atoms with Crippen LogP contribution in [0.15, 0.2) is 23.0 Å². The van der Waals surface area contributed by atoms with Gasteiger partial charge in [0.1, 0.15) is 6.33 Å². The number of aromatic amines is 1. The lowest BCUT2D eigenvalue weighted by atomic mass is 9.77. The van der Waals surface area contributed by atoms with Gasteiger partial charge in [-0.15, -0.1) is 0 Å². The second-order valence-electron chi connectivity index (χ2n) is 4.77. The molecule has 0 amide bonds. The summed E-state index contributed by atoms with van der Waals surface area (Å²) in [5, 5.41) is 6.33. The summed E-state index contributed by atoms with van der Waals surface area (Å²) in [7, 11) is 0. The molecule has 0 aliphatic heterocycles. The monoisotopic (exact) mass is 218 g/mol. The Labute approximate surface area is 93.7 Å². The van der Waals surface area contributed by atoms with Crippen molar-refractivity contribution in [2.24, 2.45) is 10.4 Å². The fourth-order valence-electron chi connectivity index (χ4n) is 1.88. The molecule has 1 aliphatic rings. The van der Waals surface area contributed by atoms with E-state index < -0.39 is 0 Å². The summed E-state index contributed by atoms with van der Waals surface area (Å²) in [5.41, 5.74) is 0.965. The Hall–Kier alpha value is -1.78. The van der Waals surface area contributed by atoms with Crippen molar-refractivity contribution in [3.8, 4) is 0 Å². The molecule has 0 aromatic carbocycles. The molecule has 1 aromatic rings. The molecule has 1 heterocycles. The van der Waals surface area contributed by atoms with E-state index in [0.717, 1.165) is 12.0 Å². The van der Waals surface area contributed by atoms with Gasteiger partial charge in [-0.1, -0.05) is 13.8 Å². The predicted molar refractivity (Wildman–Crippen MR) is 60.6 cm³/mol. The van der Waals surface area contributed by atoms with Gasteiger partial charge in [-0.05, 0) is 23.5 Å². The van der Waals surface area contributed by atoms with Crippen LogP contribution in [-0.4, -0.2) is 27.2 Å². The number of rotatable bonds is 2. The first kappa shape index (κ1) is 10.7. The van der Waals surface area contributed by atoms with Gasteiger partial charge < -0.3 is 0 Å². The van der Waals surface area contributed by atoms with Crippen LogP contribution in [0, 0.1) is 5.41 Å². The van der Waals surface area contributed by atoms with Crippen LogP contribution in [0.1, 0.15) is 26.7 Å². The molecular formula is C11H14N4O. The van der Waals surface area contributed by atoms with Gasteiger partial charge in [0.05, 0.1) is 0 Å². The van der Waals surface area contributed by atoms with Crippen molar-refractivity contribution in [1.82, 2.24) is 15.2 Å². The highest BCUT2D eigenvalue weighted by molar-refractivity contribution is 5.98. The maximum absolute atomic E-state index is 11.5. The van der Waals surface area contributed by atoms with Crippen LogP contribution >= 0.6 is 0 Å². The van der Waals surface area contributed by atoms with Crippen LogP contribution in [0.2, 0.25) is 0 Å². The van der Waals surface area contributed by atoms with Crippen LogP contribution in [-0.2, 0) is 4.79 Å². The van der Waals surface area contributed by atoms with E-state index in [-0.39, 0.29) is 11.2 Å². The largest absolute Gasteiger partial charge is 0.295 e. The summed E-state index contributed by atoms with van der Waals surface area (Å²) < 4.78 is 0. The van der Waals surface area contributed by atoms with Gasteiger partial charge in [0.15, 0.2) is 5.78 Å². The predicted octanol–water partition coefficient (Wildman–Crippen LogP) is 1.82. The van der Waals surface area contributed by atoms with Gasteiger partial charge in [0.25, 0.3) is 0 Å². The first-order valence-electron chi connectivity index (χ1n) is 5.18. The van der Waals surface area contributed by atoms with Crippen molar-refractivity contribution in [2.75, 3.05) is 0 Å². The summed E-state index contributed by atoms with van der Waals surface area (Å²) in [4.78, 5) is 19.5. The van der Waals surface area contributed by atoms with E-state index in [1.807, 2.05) is 0 Å². The minimum Gasteiger partial charge on any atom is -0.295 e. The van der Waals surface area contributed by atoms with Crippen molar-refractivity contribution >= 4 is 17.9 Å². The molecule has 5 heteroatoms. The van der Waals surface area contributed by atoms with E-state index in [2.05, 4.69) is 34.0 Å². The fourth-order valence-corrected chi connectivity index (χ4v) is 1.88. The molecule has 1 N–H and O–H groups in total. The molecule has 16 heavy (non-hydrogen) atoms. The summed E-state index contributed by atoms with van der Waals surface area (Å²) in [6, 6.07) is 0. The van der Waals surface area contributed by atoms with Crippen LogP contribution in [0.4, 0.5) is 5.95 Å². The quantitative estimate of drug-likeness (QED) is 0.769. The lowest BCUT2D eigenvalue weighted by Crippen LogP contribution is -2.22. The lowest BCUT2D eigenvalue weighted by Gasteiger charge is -2.27. The summed E-state index contributed by atoms with van der Waals surface area (Å²) in [5.74, 6) is 0.618. The Morgan fingerprint density at radius 2 is 2.31 bits per heavy atom. The van der Waals surface area contributed by atoms with Crippen LogP contribution in [0.25, 0.3) is 0 Å². The maximum atomic E-state index is 11.5. The molecule has 2 rings (SSSR count). The molecule has 0 saturated carbocycles. The third-order valence-electron chi connectivity index (χ3n) is 2.44. The Balaban J connectivity index is 2.13. The van der Waals surface area contributed by atoms with E-state index in [0.29, 0.717) is 12.4 Å². The van der Waals surface area contributed by atoms with E-state index >= 15 is 0 Å². The van der Waals surface area contributed by atoms with E-state index in [9.17, 15) is 4.79 Å². The normalized spacial score (nSPS) is 20.1. The van der Waals surface area contributed by atoms with E-state index in [1.165, 1.54) is 6.33 Å². The van der Waals surface area contributed by atoms with Crippen LogP contribution in [0.5, 0.6) is 0 Å². The number of hydrogen-bond donors (Lipinski definition) is 1. The zero-order valence-electron chi connectivity index (χ0n) is 9.40. The zero-order chi connectivity index (χ0) is 11.6. The SMILES string of the molecule is CC1(C)CC(=O)C=C(/C=N/c2ncn[nH]2)C1. The van der Waals surface area contributed by atoms with Gasteiger partial charge in [0, 0.05) is 12.6 Å². The van der Waals surface area contributed by atoms with Crippen molar-refractivity contribution in [1.29, 1.82) is 0 Å². The molecule has 0 fully saturated rings. The molecule has 0 atom stereocenters. The number of aromatic nitrogens is 3. The first-order valence-corrected chi connectivity index (χ1v) is 5.18. The molecule has 1 aliphatic carbocycles. The van der Waals surface area contributed by atoms with E-state index in [4.69, 9.17) is 0 Å². The molecule has 0 bridgehead atoms. The minimum atomic E-state index is 0.0224. The molecule has 0 spiro atoms. The topological polar surface area (TPSA) is 71.0 Å². The zero-order valence-corrected chi connectivity index (χ0v) is 9.40. The van der Waals surface area contributed by atoms with Crippen molar-refractivity contribution in [3.63, 3.8) is 0 Å². The lowest BCUT2D eigenvalue weighted by molar-refractivity contribution is -0.116. The molecule has 0 radical (unpaired) electrons. The number of nitrogens with one attached hydrogen (secondary N) is 1. The van der Waals surface area contributed by atoms with Crippen molar-refractivity contribution < 1.29 is 4.79 Å². The second kappa shape index (κ2) is 4.00. The van der Waals surface area contributed by atoms with Crippen LogP contribution in [0.3, 0.4) is 0 Å². The molecule has 0 unspecified atom stereocenters. The maximum Gasteiger partial charge on any atom is 0.245 e. The first-order chi connectivity index (χ1) is 7.55.